The van der Waals surface area contributed by atoms with Gasteiger partial charge in [0.15, 0.2) is 0 Å². The highest BCUT2D eigenvalue weighted by atomic mass is 16.3. The zero-order valence-corrected chi connectivity index (χ0v) is 10.5. The molecule has 0 bridgehead atoms. The number of aromatic nitrogens is 2. The highest BCUT2D eigenvalue weighted by Crippen LogP contribution is 2.11. The van der Waals surface area contributed by atoms with Gasteiger partial charge in [-0.1, -0.05) is 19.9 Å². The maximum absolute atomic E-state index is 12.1. The van der Waals surface area contributed by atoms with Gasteiger partial charge in [-0.25, -0.2) is 4.52 Å². The van der Waals surface area contributed by atoms with Crippen LogP contribution in [0.25, 0.3) is 5.52 Å². The second-order valence-electron chi connectivity index (χ2n) is 4.60. The average molecular weight is 247 g/mol. The van der Waals surface area contributed by atoms with E-state index < -0.39 is 0 Å². The minimum atomic E-state index is -0.240. The Kier molecular flexibility index (Phi) is 3.62. The molecule has 2 aromatic heterocycles. The van der Waals surface area contributed by atoms with E-state index >= 15 is 0 Å². The third-order valence-electron chi connectivity index (χ3n) is 2.99. The Bertz CT molecular complexity index is 548. The van der Waals surface area contributed by atoms with E-state index in [1.54, 1.807) is 16.9 Å². The fraction of sp³-hybridized carbons (Fsp3) is 0.385. The second kappa shape index (κ2) is 5.18. The Balaban J connectivity index is 2.23. The lowest BCUT2D eigenvalue weighted by Crippen LogP contribution is -2.41. The number of aliphatic hydroxyl groups is 1. The first-order chi connectivity index (χ1) is 8.63. The number of nitrogens with zero attached hydrogens (tertiary/aromatic N) is 2. The number of hydrogen-bond acceptors (Lipinski definition) is 3. The van der Waals surface area contributed by atoms with Crippen molar-refractivity contribution in [3.05, 3.63) is 36.2 Å². The summed E-state index contributed by atoms with van der Waals surface area (Å²) < 4.78 is 1.65. The van der Waals surface area contributed by atoms with E-state index in [1.165, 1.54) is 0 Å². The van der Waals surface area contributed by atoms with E-state index in [4.69, 9.17) is 0 Å². The van der Waals surface area contributed by atoms with E-state index in [9.17, 15) is 9.90 Å². The van der Waals surface area contributed by atoms with Gasteiger partial charge in [-0.05, 0) is 18.1 Å². The van der Waals surface area contributed by atoms with Crippen molar-refractivity contribution >= 4 is 11.4 Å². The van der Waals surface area contributed by atoms with E-state index in [0.717, 1.165) is 5.52 Å². The number of rotatable bonds is 4. The van der Waals surface area contributed by atoms with Crippen LogP contribution in [0.1, 0.15) is 24.2 Å². The quantitative estimate of drug-likeness (QED) is 0.849. The zero-order chi connectivity index (χ0) is 13.1. The topological polar surface area (TPSA) is 66.6 Å². The molecule has 2 rings (SSSR count). The van der Waals surface area contributed by atoms with Gasteiger partial charge in [0.1, 0.15) is 0 Å². The third kappa shape index (κ3) is 2.36. The van der Waals surface area contributed by atoms with Gasteiger partial charge in [-0.2, -0.15) is 5.10 Å². The minimum Gasteiger partial charge on any atom is -0.394 e. The minimum absolute atomic E-state index is 0.0668. The molecular weight excluding hydrogens is 230 g/mol. The van der Waals surface area contributed by atoms with Crippen molar-refractivity contribution in [2.45, 2.75) is 19.9 Å². The molecule has 0 fully saturated rings. The molecule has 0 saturated carbocycles. The molecule has 0 aliphatic carbocycles. The lowest BCUT2D eigenvalue weighted by Gasteiger charge is -2.19. The number of hydrogen-bond donors (Lipinski definition) is 2. The van der Waals surface area contributed by atoms with Gasteiger partial charge in [0.2, 0.25) is 0 Å². The molecule has 5 heteroatoms. The molecule has 2 aromatic rings. The van der Waals surface area contributed by atoms with Crippen molar-refractivity contribution in [1.29, 1.82) is 0 Å². The zero-order valence-electron chi connectivity index (χ0n) is 10.5. The average Bonchev–Trinajstić information content (AvgIpc) is 2.79. The van der Waals surface area contributed by atoms with Gasteiger partial charge in [0.25, 0.3) is 5.91 Å². The monoisotopic (exact) mass is 247 g/mol. The molecule has 18 heavy (non-hydrogen) atoms. The van der Waals surface area contributed by atoms with E-state index in [-0.39, 0.29) is 24.5 Å². The number of amides is 1. The molecule has 2 N–H and O–H groups in total. The Hall–Kier alpha value is -1.88. The Morgan fingerprint density at radius 2 is 2.28 bits per heavy atom. The summed E-state index contributed by atoms with van der Waals surface area (Å²) in [4.78, 5) is 12.1. The van der Waals surface area contributed by atoms with Crippen molar-refractivity contribution in [3.8, 4) is 0 Å². The molecule has 0 aromatic carbocycles. The third-order valence-corrected chi connectivity index (χ3v) is 2.99. The standard InChI is InChI=1S/C13H17N3O2/c1-9(2)11(8-17)15-13(18)10-7-14-16-6-4-3-5-12(10)16/h3-7,9,11,17H,8H2,1-2H3,(H,15,18). The maximum Gasteiger partial charge on any atom is 0.255 e. The van der Waals surface area contributed by atoms with Crippen LogP contribution < -0.4 is 5.32 Å². The predicted octanol–water partition coefficient (Wildman–Crippen LogP) is 1.08. The fourth-order valence-electron chi connectivity index (χ4n) is 1.78. The summed E-state index contributed by atoms with van der Waals surface area (Å²) in [5, 5.41) is 16.2. The van der Waals surface area contributed by atoms with Crippen molar-refractivity contribution < 1.29 is 9.90 Å². The lowest BCUT2D eigenvalue weighted by molar-refractivity contribution is 0.0898. The van der Waals surface area contributed by atoms with Crippen LogP contribution in [0, 0.1) is 5.92 Å². The van der Waals surface area contributed by atoms with Crippen LogP contribution in [0.15, 0.2) is 30.6 Å². The molecule has 96 valence electrons. The molecule has 1 unspecified atom stereocenters. The molecule has 0 aliphatic heterocycles. The molecule has 1 atom stereocenters. The first-order valence-corrected chi connectivity index (χ1v) is 5.97. The normalized spacial score (nSPS) is 12.9. The summed E-state index contributed by atoms with van der Waals surface area (Å²) in [6, 6.07) is 5.31. The molecule has 2 heterocycles. The van der Waals surface area contributed by atoms with E-state index in [1.807, 2.05) is 32.0 Å². The summed E-state index contributed by atoms with van der Waals surface area (Å²) in [5.74, 6) is -0.0234. The highest BCUT2D eigenvalue weighted by molar-refractivity contribution is 6.00. The molecule has 0 aliphatic rings. The SMILES string of the molecule is CC(C)C(CO)NC(=O)c1cnn2ccccc12. The van der Waals surface area contributed by atoms with Crippen LogP contribution in [0.2, 0.25) is 0 Å². The van der Waals surface area contributed by atoms with E-state index in [0.29, 0.717) is 5.56 Å². The summed E-state index contributed by atoms with van der Waals surface area (Å²) in [6.07, 6.45) is 3.33. The molecule has 5 nitrogen and oxygen atoms in total. The molecule has 0 saturated heterocycles. The number of fused-ring (bicyclic) bond motifs is 1. The van der Waals surface area contributed by atoms with Crippen molar-refractivity contribution in [2.75, 3.05) is 6.61 Å². The van der Waals surface area contributed by atoms with Gasteiger partial charge < -0.3 is 10.4 Å². The number of nitrogens with one attached hydrogen (secondary N) is 1. The first kappa shape index (κ1) is 12.6. The largest absolute Gasteiger partial charge is 0.394 e. The summed E-state index contributed by atoms with van der Waals surface area (Å²) in [6.45, 7) is 3.84. The first-order valence-electron chi connectivity index (χ1n) is 5.97. The van der Waals surface area contributed by atoms with Crippen LogP contribution in [0.3, 0.4) is 0 Å². The molecular formula is C13H17N3O2. The lowest BCUT2D eigenvalue weighted by atomic mass is 10.1. The van der Waals surface area contributed by atoms with Crippen LogP contribution in [-0.4, -0.2) is 33.3 Å². The van der Waals surface area contributed by atoms with Gasteiger partial charge in [0.05, 0.1) is 29.9 Å². The second-order valence-corrected chi connectivity index (χ2v) is 4.60. The molecule has 0 spiro atoms. The Morgan fingerprint density at radius 1 is 1.50 bits per heavy atom. The van der Waals surface area contributed by atoms with Crippen LogP contribution >= 0.6 is 0 Å². The summed E-state index contributed by atoms with van der Waals surface area (Å²) in [7, 11) is 0. The maximum atomic E-state index is 12.1. The number of carbonyl (C=O) groups excluding carboxylic acids is 1. The predicted molar refractivity (Wildman–Crippen MR) is 68.4 cm³/mol. The van der Waals surface area contributed by atoms with Crippen molar-refractivity contribution in [3.63, 3.8) is 0 Å². The van der Waals surface area contributed by atoms with Gasteiger partial charge in [-0.15, -0.1) is 0 Å². The van der Waals surface area contributed by atoms with Crippen molar-refractivity contribution in [1.82, 2.24) is 14.9 Å². The van der Waals surface area contributed by atoms with Crippen LogP contribution in [0.5, 0.6) is 0 Å². The number of carbonyl (C=O) groups is 1. The van der Waals surface area contributed by atoms with E-state index in [2.05, 4.69) is 10.4 Å². The number of aliphatic hydroxyl groups excluding tert-OH is 1. The smallest absolute Gasteiger partial charge is 0.255 e. The van der Waals surface area contributed by atoms with Gasteiger partial charge >= 0.3 is 0 Å². The fourth-order valence-corrected chi connectivity index (χ4v) is 1.78. The van der Waals surface area contributed by atoms with Gasteiger partial charge in [-0.3, -0.25) is 4.79 Å². The van der Waals surface area contributed by atoms with Crippen LogP contribution in [-0.2, 0) is 0 Å². The Labute approximate surface area is 105 Å². The highest BCUT2D eigenvalue weighted by Gasteiger charge is 2.18. The summed E-state index contributed by atoms with van der Waals surface area (Å²) >= 11 is 0. The number of pyridine rings is 1. The van der Waals surface area contributed by atoms with Gasteiger partial charge in [0, 0.05) is 6.20 Å². The Morgan fingerprint density at radius 3 is 2.94 bits per heavy atom. The molecule has 1 amide bonds. The van der Waals surface area contributed by atoms with Crippen LogP contribution in [0.4, 0.5) is 0 Å². The summed E-state index contributed by atoms with van der Waals surface area (Å²) in [5.41, 5.74) is 1.28. The van der Waals surface area contributed by atoms with Crippen molar-refractivity contribution in [2.24, 2.45) is 5.92 Å². The molecule has 0 radical (unpaired) electrons.